The summed E-state index contributed by atoms with van der Waals surface area (Å²) in [5.41, 5.74) is 3.42. The van der Waals surface area contributed by atoms with Crippen LogP contribution in [0.3, 0.4) is 0 Å². The number of aromatic amines is 1. The first-order chi connectivity index (χ1) is 7.68. The minimum atomic E-state index is -0.103. The Morgan fingerprint density at radius 3 is 3.00 bits per heavy atom. The molecule has 3 rings (SSSR count). The predicted molar refractivity (Wildman–Crippen MR) is 60.7 cm³/mol. The van der Waals surface area contributed by atoms with Crippen LogP contribution in [0.2, 0.25) is 0 Å². The number of fused-ring (bicyclic) bond motifs is 3. The molecule has 0 saturated carbocycles. The Balaban J connectivity index is 2.46. The molecule has 1 amide bonds. The molecule has 0 fully saturated rings. The van der Waals surface area contributed by atoms with E-state index in [0.717, 1.165) is 23.2 Å². The van der Waals surface area contributed by atoms with Gasteiger partial charge in [-0.2, -0.15) is 0 Å². The van der Waals surface area contributed by atoms with Gasteiger partial charge in [-0.25, -0.2) is 0 Å². The van der Waals surface area contributed by atoms with Gasteiger partial charge in [-0.05, 0) is 18.6 Å². The normalized spacial score (nSPS) is 14.9. The minimum Gasteiger partial charge on any atom is -0.507 e. The SMILES string of the molecule is Cc1ccc(O)c2c3c([nH]c12)CCNC3=O. The molecule has 0 bridgehead atoms. The van der Waals surface area contributed by atoms with Crippen LogP contribution in [0, 0.1) is 6.92 Å². The van der Waals surface area contributed by atoms with Crippen LogP contribution in [-0.2, 0) is 6.42 Å². The molecule has 0 saturated heterocycles. The highest BCUT2D eigenvalue weighted by molar-refractivity contribution is 6.11. The zero-order chi connectivity index (χ0) is 11.3. The molecule has 0 aliphatic carbocycles. The van der Waals surface area contributed by atoms with E-state index in [1.165, 1.54) is 0 Å². The van der Waals surface area contributed by atoms with Crippen LogP contribution in [0.25, 0.3) is 10.9 Å². The van der Waals surface area contributed by atoms with Crippen molar-refractivity contribution in [3.63, 3.8) is 0 Å². The van der Waals surface area contributed by atoms with Gasteiger partial charge >= 0.3 is 0 Å². The molecular formula is C12H12N2O2. The molecular weight excluding hydrogens is 204 g/mol. The molecule has 1 aliphatic rings. The fraction of sp³-hybridized carbons (Fsp3) is 0.250. The molecule has 0 atom stereocenters. The van der Waals surface area contributed by atoms with Crippen molar-refractivity contribution in [3.05, 3.63) is 29.0 Å². The van der Waals surface area contributed by atoms with E-state index in [-0.39, 0.29) is 11.7 Å². The zero-order valence-electron chi connectivity index (χ0n) is 8.92. The molecule has 1 aliphatic heterocycles. The van der Waals surface area contributed by atoms with E-state index >= 15 is 0 Å². The zero-order valence-corrected chi connectivity index (χ0v) is 8.92. The molecule has 3 N–H and O–H groups in total. The van der Waals surface area contributed by atoms with E-state index in [2.05, 4.69) is 10.3 Å². The lowest BCUT2D eigenvalue weighted by atomic mass is 10.0. The number of carbonyl (C=O) groups excluding carboxylic acids is 1. The molecule has 4 nitrogen and oxygen atoms in total. The Morgan fingerprint density at radius 2 is 2.19 bits per heavy atom. The summed E-state index contributed by atoms with van der Waals surface area (Å²) in [7, 11) is 0. The van der Waals surface area contributed by atoms with Crippen molar-refractivity contribution in [1.29, 1.82) is 0 Å². The summed E-state index contributed by atoms with van der Waals surface area (Å²) in [5.74, 6) is 0.0588. The number of hydrogen-bond donors (Lipinski definition) is 3. The molecule has 1 aromatic carbocycles. The fourth-order valence-corrected chi connectivity index (χ4v) is 2.30. The number of aryl methyl sites for hydroxylation is 1. The van der Waals surface area contributed by atoms with E-state index < -0.39 is 0 Å². The van der Waals surface area contributed by atoms with E-state index in [0.29, 0.717) is 17.5 Å². The van der Waals surface area contributed by atoms with Crippen LogP contribution < -0.4 is 5.32 Å². The first-order valence-electron chi connectivity index (χ1n) is 5.30. The third-order valence-corrected chi connectivity index (χ3v) is 3.11. The fourth-order valence-electron chi connectivity index (χ4n) is 2.30. The number of amides is 1. The van der Waals surface area contributed by atoms with Gasteiger partial charge in [-0.15, -0.1) is 0 Å². The Hall–Kier alpha value is -1.97. The summed E-state index contributed by atoms with van der Waals surface area (Å²) >= 11 is 0. The van der Waals surface area contributed by atoms with Gasteiger partial charge < -0.3 is 15.4 Å². The van der Waals surface area contributed by atoms with Crippen LogP contribution in [0.5, 0.6) is 5.75 Å². The molecule has 4 heteroatoms. The summed E-state index contributed by atoms with van der Waals surface area (Å²) < 4.78 is 0. The smallest absolute Gasteiger partial charge is 0.253 e. The maximum atomic E-state index is 11.8. The van der Waals surface area contributed by atoms with Gasteiger partial charge in [0, 0.05) is 18.7 Å². The van der Waals surface area contributed by atoms with Crippen LogP contribution in [-0.4, -0.2) is 22.5 Å². The largest absolute Gasteiger partial charge is 0.507 e. The number of nitrogens with one attached hydrogen (secondary N) is 2. The van der Waals surface area contributed by atoms with Gasteiger partial charge in [-0.1, -0.05) is 6.07 Å². The first kappa shape index (κ1) is 9.27. The van der Waals surface area contributed by atoms with Crippen molar-refractivity contribution in [1.82, 2.24) is 10.3 Å². The number of phenolic OH excluding ortho intramolecular Hbond substituents is 1. The maximum Gasteiger partial charge on any atom is 0.253 e. The number of aromatic nitrogens is 1. The Bertz CT molecular complexity index is 599. The summed E-state index contributed by atoms with van der Waals surface area (Å²) in [4.78, 5) is 15.0. The molecule has 16 heavy (non-hydrogen) atoms. The number of rotatable bonds is 0. The average molecular weight is 216 g/mol. The number of H-pyrrole nitrogens is 1. The summed E-state index contributed by atoms with van der Waals surface area (Å²) in [5, 5.41) is 13.3. The molecule has 2 heterocycles. The quantitative estimate of drug-likeness (QED) is 0.624. The predicted octanol–water partition coefficient (Wildman–Crippen LogP) is 1.47. The lowest BCUT2D eigenvalue weighted by molar-refractivity contribution is 0.0947. The Labute approximate surface area is 92.3 Å². The van der Waals surface area contributed by atoms with Crippen LogP contribution >= 0.6 is 0 Å². The van der Waals surface area contributed by atoms with E-state index in [9.17, 15) is 9.90 Å². The molecule has 0 unspecified atom stereocenters. The van der Waals surface area contributed by atoms with Gasteiger partial charge in [0.15, 0.2) is 0 Å². The highest BCUT2D eigenvalue weighted by atomic mass is 16.3. The van der Waals surface area contributed by atoms with Gasteiger partial charge in [0.1, 0.15) is 5.75 Å². The Kier molecular flexibility index (Phi) is 1.74. The third-order valence-electron chi connectivity index (χ3n) is 3.11. The standard InChI is InChI=1S/C12H12N2O2/c1-6-2-3-8(15)10-9-7(14-11(6)10)4-5-13-12(9)16/h2-3,14-15H,4-5H2,1H3,(H,13,16). The molecule has 0 radical (unpaired) electrons. The highest BCUT2D eigenvalue weighted by Crippen LogP contribution is 2.33. The topological polar surface area (TPSA) is 65.1 Å². The van der Waals surface area contributed by atoms with Gasteiger partial charge in [0.05, 0.1) is 16.5 Å². The van der Waals surface area contributed by atoms with Crippen molar-refractivity contribution in [3.8, 4) is 5.75 Å². The molecule has 1 aromatic heterocycles. The van der Waals surface area contributed by atoms with Crippen molar-refractivity contribution < 1.29 is 9.90 Å². The highest BCUT2D eigenvalue weighted by Gasteiger charge is 2.24. The number of benzene rings is 1. The van der Waals surface area contributed by atoms with Crippen LogP contribution in [0.1, 0.15) is 21.6 Å². The van der Waals surface area contributed by atoms with E-state index in [1.54, 1.807) is 6.07 Å². The van der Waals surface area contributed by atoms with Gasteiger partial charge in [0.2, 0.25) is 0 Å². The summed E-state index contributed by atoms with van der Waals surface area (Å²) in [6.45, 7) is 2.61. The molecule has 0 spiro atoms. The summed E-state index contributed by atoms with van der Waals surface area (Å²) in [6.07, 6.45) is 0.786. The second-order valence-corrected chi connectivity index (χ2v) is 4.14. The lowest BCUT2D eigenvalue weighted by Crippen LogP contribution is -2.31. The third kappa shape index (κ3) is 1.07. The van der Waals surface area contributed by atoms with E-state index in [1.807, 2.05) is 13.0 Å². The van der Waals surface area contributed by atoms with Crippen molar-refractivity contribution in [2.75, 3.05) is 6.54 Å². The number of aromatic hydroxyl groups is 1. The lowest BCUT2D eigenvalue weighted by Gasteiger charge is -2.12. The van der Waals surface area contributed by atoms with Crippen molar-refractivity contribution in [2.45, 2.75) is 13.3 Å². The van der Waals surface area contributed by atoms with Gasteiger partial charge in [0.25, 0.3) is 5.91 Å². The average Bonchev–Trinajstić information content (AvgIpc) is 2.65. The molecule has 82 valence electrons. The summed E-state index contributed by atoms with van der Waals surface area (Å²) in [6, 6.07) is 3.48. The van der Waals surface area contributed by atoms with Crippen molar-refractivity contribution in [2.24, 2.45) is 0 Å². The van der Waals surface area contributed by atoms with Gasteiger partial charge in [-0.3, -0.25) is 4.79 Å². The number of carbonyl (C=O) groups is 1. The first-order valence-corrected chi connectivity index (χ1v) is 5.30. The van der Waals surface area contributed by atoms with Crippen LogP contribution in [0.4, 0.5) is 0 Å². The monoisotopic (exact) mass is 216 g/mol. The molecule has 2 aromatic rings. The maximum absolute atomic E-state index is 11.8. The van der Waals surface area contributed by atoms with E-state index in [4.69, 9.17) is 0 Å². The number of hydrogen-bond acceptors (Lipinski definition) is 2. The van der Waals surface area contributed by atoms with Crippen LogP contribution in [0.15, 0.2) is 12.1 Å². The van der Waals surface area contributed by atoms with Crippen molar-refractivity contribution >= 4 is 16.8 Å². The second kappa shape index (κ2) is 3.01. The second-order valence-electron chi connectivity index (χ2n) is 4.14. The number of phenols is 1. The Morgan fingerprint density at radius 1 is 1.38 bits per heavy atom. The minimum absolute atomic E-state index is 0.103.